The summed E-state index contributed by atoms with van der Waals surface area (Å²) in [5, 5.41) is 56.9. The van der Waals surface area contributed by atoms with Crippen LogP contribution >= 0.6 is 0 Å². The van der Waals surface area contributed by atoms with Crippen molar-refractivity contribution in [2.75, 3.05) is 0 Å². The summed E-state index contributed by atoms with van der Waals surface area (Å²) < 4.78 is 9.06. The first-order valence-corrected chi connectivity index (χ1v) is 19.5. The van der Waals surface area contributed by atoms with Gasteiger partial charge in [-0.05, 0) is 58.7 Å². The lowest BCUT2D eigenvalue weighted by atomic mass is 9.94. The highest BCUT2D eigenvalue weighted by molar-refractivity contribution is 6.19. The number of phenolic OH excluding ortho intramolecular Hbond substituents is 5. The summed E-state index contributed by atoms with van der Waals surface area (Å²) >= 11 is 0. The molecule has 0 atom stereocenters. The molecule has 10 nitrogen and oxygen atoms in total. The van der Waals surface area contributed by atoms with Crippen LogP contribution < -0.4 is 0 Å². The van der Waals surface area contributed by atoms with Crippen molar-refractivity contribution in [1.82, 2.24) is 19.5 Å². The Labute approximate surface area is 346 Å². The number of fused-ring (bicyclic) bond motifs is 6. The standard InChI is InChI=1S/C51H32N4O6/c56-43-42(44(57)46(59)47(60)45(43)58)51-53-49(30-18-8-3-9-19-30)52-50(54-51)34-22-12-21-33-41-37(24-13-25-39(41)61-48(33)34)55-36-23-11-10-20-32(36)40-35(29-16-6-2-7-17-29)26-31(27-38(40)55)28-14-4-1-5-15-28/h1-27,56-60H. The lowest BCUT2D eigenvalue weighted by Gasteiger charge is -2.13. The second-order valence-electron chi connectivity index (χ2n) is 14.7. The molecule has 0 saturated heterocycles. The summed E-state index contributed by atoms with van der Waals surface area (Å²) in [7, 11) is 0. The Kier molecular flexibility index (Phi) is 8.01. The molecule has 0 bridgehead atoms. The number of para-hydroxylation sites is 2. The molecule has 0 spiro atoms. The molecule has 11 aromatic rings. The van der Waals surface area contributed by atoms with E-state index in [1.807, 2.05) is 60.7 Å². The zero-order valence-electron chi connectivity index (χ0n) is 32.0. The number of aromatic hydroxyl groups is 5. The summed E-state index contributed by atoms with van der Waals surface area (Å²) in [4.78, 5) is 14.1. The van der Waals surface area contributed by atoms with Crippen LogP contribution in [-0.4, -0.2) is 45.1 Å². The van der Waals surface area contributed by atoms with E-state index in [0.29, 0.717) is 22.3 Å². The van der Waals surface area contributed by atoms with Gasteiger partial charge in [0.1, 0.15) is 16.7 Å². The summed E-state index contributed by atoms with van der Waals surface area (Å²) in [6.07, 6.45) is 0. The van der Waals surface area contributed by atoms with Gasteiger partial charge in [0.05, 0.1) is 27.7 Å². The minimum absolute atomic E-state index is 0.123. The van der Waals surface area contributed by atoms with Crippen LogP contribution in [0.1, 0.15) is 0 Å². The molecule has 0 aliphatic heterocycles. The number of nitrogens with zero attached hydrogens (tertiary/aromatic N) is 4. The molecule has 0 aliphatic rings. The van der Waals surface area contributed by atoms with Gasteiger partial charge in [0, 0.05) is 21.7 Å². The average Bonchev–Trinajstić information content (AvgIpc) is 3.87. The Morgan fingerprint density at radius 2 is 0.967 bits per heavy atom. The minimum Gasteiger partial charge on any atom is -0.504 e. The van der Waals surface area contributed by atoms with E-state index in [9.17, 15) is 25.5 Å². The van der Waals surface area contributed by atoms with Crippen LogP contribution in [0.5, 0.6) is 28.7 Å². The Bertz CT molecular complexity index is 3500. The number of phenols is 5. The normalized spacial score (nSPS) is 11.6. The van der Waals surface area contributed by atoms with Gasteiger partial charge in [-0.1, -0.05) is 127 Å². The van der Waals surface area contributed by atoms with E-state index < -0.39 is 34.3 Å². The zero-order chi connectivity index (χ0) is 41.4. The number of rotatable bonds is 6. The van der Waals surface area contributed by atoms with Gasteiger partial charge < -0.3 is 34.5 Å². The van der Waals surface area contributed by atoms with Gasteiger partial charge in [0.2, 0.25) is 17.2 Å². The molecule has 61 heavy (non-hydrogen) atoms. The van der Waals surface area contributed by atoms with Crippen molar-refractivity contribution in [3.05, 3.63) is 164 Å². The summed E-state index contributed by atoms with van der Waals surface area (Å²) in [6, 6.07) is 54.5. The Morgan fingerprint density at radius 1 is 0.393 bits per heavy atom. The molecule has 0 unspecified atom stereocenters. The Hall–Kier alpha value is -8.63. The molecule has 0 saturated carbocycles. The largest absolute Gasteiger partial charge is 0.504 e. The van der Waals surface area contributed by atoms with E-state index in [0.717, 1.165) is 60.5 Å². The second kappa shape index (κ2) is 13.7. The van der Waals surface area contributed by atoms with Crippen molar-refractivity contribution in [2.45, 2.75) is 0 Å². The molecule has 5 N–H and O–H groups in total. The molecule has 8 aromatic carbocycles. The second-order valence-corrected chi connectivity index (χ2v) is 14.7. The van der Waals surface area contributed by atoms with E-state index in [1.165, 1.54) is 0 Å². The number of hydrogen-bond donors (Lipinski definition) is 5. The molecular weight excluding hydrogens is 765 g/mol. The number of hydrogen-bond acceptors (Lipinski definition) is 9. The van der Waals surface area contributed by atoms with Crippen molar-refractivity contribution in [3.63, 3.8) is 0 Å². The van der Waals surface area contributed by atoms with Crippen LogP contribution in [-0.2, 0) is 0 Å². The van der Waals surface area contributed by atoms with Gasteiger partial charge in [-0.2, -0.15) is 0 Å². The first kappa shape index (κ1) is 35.5. The van der Waals surface area contributed by atoms with Gasteiger partial charge in [0.25, 0.3) is 0 Å². The number of aromatic nitrogens is 4. The monoisotopic (exact) mass is 796 g/mol. The predicted molar refractivity (Wildman–Crippen MR) is 237 cm³/mol. The zero-order valence-corrected chi connectivity index (χ0v) is 32.0. The molecule has 10 heteroatoms. The lowest BCUT2D eigenvalue weighted by molar-refractivity contribution is 0.329. The van der Waals surface area contributed by atoms with Gasteiger partial charge in [0.15, 0.2) is 29.0 Å². The Balaban J connectivity index is 1.19. The van der Waals surface area contributed by atoms with Gasteiger partial charge in [-0.3, -0.25) is 0 Å². The maximum absolute atomic E-state index is 11.0. The minimum atomic E-state index is -1.09. The van der Waals surface area contributed by atoms with E-state index >= 15 is 0 Å². The van der Waals surface area contributed by atoms with Gasteiger partial charge in [-0.15, -0.1) is 0 Å². The van der Waals surface area contributed by atoms with Crippen LogP contribution in [0.15, 0.2) is 168 Å². The van der Waals surface area contributed by atoms with Crippen LogP contribution in [0.4, 0.5) is 0 Å². The molecule has 0 aliphatic carbocycles. The van der Waals surface area contributed by atoms with E-state index in [4.69, 9.17) is 9.40 Å². The van der Waals surface area contributed by atoms with Crippen molar-refractivity contribution in [3.8, 4) is 90.9 Å². The summed E-state index contributed by atoms with van der Waals surface area (Å²) in [6.45, 7) is 0. The van der Waals surface area contributed by atoms with Crippen LogP contribution in [0.25, 0.3) is 106 Å². The smallest absolute Gasteiger partial charge is 0.208 e. The maximum Gasteiger partial charge on any atom is 0.208 e. The van der Waals surface area contributed by atoms with E-state index in [-0.39, 0.29) is 17.5 Å². The third-order valence-corrected chi connectivity index (χ3v) is 11.2. The molecule has 0 radical (unpaired) electrons. The highest BCUT2D eigenvalue weighted by atomic mass is 16.4. The van der Waals surface area contributed by atoms with Crippen molar-refractivity contribution in [2.24, 2.45) is 0 Å². The summed E-state index contributed by atoms with van der Waals surface area (Å²) in [5.41, 5.74) is 9.01. The van der Waals surface area contributed by atoms with Gasteiger partial charge in [-0.25, -0.2) is 15.0 Å². The van der Waals surface area contributed by atoms with Gasteiger partial charge >= 0.3 is 0 Å². The third-order valence-electron chi connectivity index (χ3n) is 11.2. The van der Waals surface area contributed by atoms with Crippen LogP contribution in [0.3, 0.4) is 0 Å². The predicted octanol–water partition coefficient (Wildman–Crippen LogP) is 11.7. The van der Waals surface area contributed by atoms with Crippen LogP contribution in [0, 0.1) is 0 Å². The van der Waals surface area contributed by atoms with Crippen molar-refractivity contribution < 1.29 is 29.9 Å². The van der Waals surface area contributed by atoms with E-state index in [1.54, 1.807) is 12.1 Å². The third kappa shape index (κ3) is 5.54. The number of benzene rings is 8. The Morgan fingerprint density at radius 3 is 1.69 bits per heavy atom. The average molecular weight is 797 g/mol. The fourth-order valence-corrected chi connectivity index (χ4v) is 8.41. The number of furan rings is 1. The molecule has 11 rings (SSSR count). The molecule has 3 aromatic heterocycles. The summed E-state index contributed by atoms with van der Waals surface area (Å²) in [5.74, 6) is -5.00. The SMILES string of the molecule is Oc1c(O)c(O)c(-c2nc(-c3ccccc3)nc(-c3cccc4c3oc3cccc(-n5c6ccccc6c6c(-c7ccccc7)cc(-c7ccccc7)cc65)c34)n2)c(O)c1O. The fourth-order valence-electron chi connectivity index (χ4n) is 8.41. The molecule has 3 heterocycles. The van der Waals surface area contributed by atoms with Crippen LogP contribution in [0.2, 0.25) is 0 Å². The van der Waals surface area contributed by atoms with E-state index in [2.05, 4.69) is 106 Å². The molecule has 0 amide bonds. The molecule has 292 valence electrons. The van der Waals surface area contributed by atoms with Crippen molar-refractivity contribution >= 4 is 43.7 Å². The maximum atomic E-state index is 11.0. The highest BCUT2D eigenvalue weighted by Crippen LogP contribution is 2.54. The first-order chi connectivity index (χ1) is 29.9. The molecule has 0 fully saturated rings. The first-order valence-electron chi connectivity index (χ1n) is 19.5. The topological polar surface area (TPSA) is 158 Å². The lowest BCUT2D eigenvalue weighted by Crippen LogP contribution is -2.01. The highest BCUT2D eigenvalue weighted by Gasteiger charge is 2.28. The van der Waals surface area contributed by atoms with Crippen molar-refractivity contribution in [1.29, 1.82) is 0 Å². The quantitative estimate of drug-likeness (QED) is 0.0815. The molecular formula is C51H32N4O6. The fraction of sp³-hybridized carbons (Fsp3) is 0.